The van der Waals surface area contributed by atoms with Crippen molar-refractivity contribution in [2.45, 2.75) is 45.2 Å². The van der Waals surface area contributed by atoms with Crippen LogP contribution in [0.5, 0.6) is 0 Å². The molecule has 0 radical (unpaired) electrons. The summed E-state index contributed by atoms with van der Waals surface area (Å²) < 4.78 is 2.92. The van der Waals surface area contributed by atoms with Crippen molar-refractivity contribution in [2.24, 2.45) is 0 Å². The van der Waals surface area contributed by atoms with Gasteiger partial charge in [0.2, 0.25) is 0 Å². The first-order valence-corrected chi connectivity index (χ1v) is 6.92. The standard InChI is InChI=1S/C13H18N4S/c1-9-4-3-5-10(2)16(9)17-12-6-7-14-8-11(12)15-13(17)18/h6-10H,3-5H2,1-2H3,(H,15,18). The molecule has 3 heterocycles. The molecule has 1 fully saturated rings. The van der Waals surface area contributed by atoms with Crippen LogP contribution in [0, 0.1) is 4.77 Å². The first kappa shape index (κ1) is 11.7. The second-order valence-corrected chi connectivity index (χ2v) is 5.53. The van der Waals surface area contributed by atoms with Crippen LogP contribution in [-0.4, -0.2) is 26.7 Å². The van der Waals surface area contributed by atoms with Gasteiger partial charge >= 0.3 is 0 Å². The molecule has 1 N–H and O–H groups in total. The highest BCUT2D eigenvalue weighted by atomic mass is 32.1. The highest BCUT2D eigenvalue weighted by Gasteiger charge is 2.26. The number of aromatic nitrogens is 3. The van der Waals surface area contributed by atoms with E-state index >= 15 is 0 Å². The van der Waals surface area contributed by atoms with Crippen LogP contribution in [0.1, 0.15) is 33.1 Å². The number of imidazole rings is 1. The average Bonchev–Trinajstić information content (AvgIpc) is 2.66. The maximum absolute atomic E-state index is 5.48. The van der Waals surface area contributed by atoms with Crippen LogP contribution < -0.4 is 5.01 Å². The third-order valence-corrected chi connectivity index (χ3v) is 4.11. The van der Waals surface area contributed by atoms with Gasteiger partial charge in [0, 0.05) is 18.3 Å². The molecule has 96 valence electrons. The van der Waals surface area contributed by atoms with E-state index in [4.69, 9.17) is 12.2 Å². The van der Waals surface area contributed by atoms with Gasteiger partial charge in [0.25, 0.3) is 0 Å². The summed E-state index contributed by atoms with van der Waals surface area (Å²) in [5, 5.41) is 2.41. The molecule has 2 aromatic heterocycles. The Kier molecular flexibility index (Phi) is 2.86. The number of nitrogens with zero attached hydrogens (tertiary/aromatic N) is 3. The summed E-state index contributed by atoms with van der Waals surface area (Å²) >= 11 is 5.48. The van der Waals surface area contributed by atoms with E-state index < -0.39 is 0 Å². The second-order valence-electron chi connectivity index (χ2n) is 5.14. The predicted octanol–water partition coefficient (Wildman–Crippen LogP) is 2.99. The SMILES string of the molecule is CC1CCCC(C)N1n1c(=S)[nH]c2cnccc21. The summed E-state index contributed by atoms with van der Waals surface area (Å²) in [7, 11) is 0. The number of pyridine rings is 1. The molecule has 3 rings (SSSR count). The Labute approximate surface area is 112 Å². The van der Waals surface area contributed by atoms with Crippen molar-refractivity contribution in [1.82, 2.24) is 14.6 Å². The van der Waals surface area contributed by atoms with E-state index in [1.807, 2.05) is 18.5 Å². The fourth-order valence-corrected chi connectivity index (χ4v) is 3.28. The summed E-state index contributed by atoms with van der Waals surface area (Å²) in [6.07, 6.45) is 7.41. The number of nitrogens with one attached hydrogen (secondary N) is 1. The van der Waals surface area contributed by atoms with E-state index in [-0.39, 0.29) is 0 Å². The number of H-pyrrole nitrogens is 1. The van der Waals surface area contributed by atoms with Crippen LogP contribution in [0.25, 0.3) is 11.0 Å². The predicted molar refractivity (Wildman–Crippen MR) is 75.9 cm³/mol. The molecule has 18 heavy (non-hydrogen) atoms. The quantitative estimate of drug-likeness (QED) is 0.803. The molecule has 0 aliphatic carbocycles. The van der Waals surface area contributed by atoms with Gasteiger partial charge in [0.05, 0.1) is 17.2 Å². The first-order valence-electron chi connectivity index (χ1n) is 6.52. The van der Waals surface area contributed by atoms with Crippen molar-refractivity contribution < 1.29 is 0 Å². The smallest absolute Gasteiger partial charge is 0.197 e. The van der Waals surface area contributed by atoms with E-state index in [0.29, 0.717) is 12.1 Å². The zero-order valence-electron chi connectivity index (χ0n) is 10.8. The third-order valence-electron chi connectivity index (χ3n) is 3.84. The molecule has 5 heteroatoms. The molecule has 0 bridgehead atoms. The number of piperidine rings is 1. The van der Waals surface area contributed by atoms with Crippen LogP contribution in [0.3, 0.4) is 0 Å². The highest BCUT2D eigenvalue weighted by molar-refractivity contribution is 7.71. The summed E-state index contributed by atoms with van der Waals surface area (Å²) in [5.41, 5.74) is 2.13. The minimum atomic E-state index is 0.521. The molecule has 4 nitrogen and oxygen atoms in total. The van der Waals surface area contributed by atoms with Crippen LogP contribution in [0.2, 0.25) is 0 Å². The van der Waals surface area contributed by atoms with Crippen molar-refractivity contribution >= 4 is 23.3 Å². The van der Waals surface area contributed by atoms with Gasteiger partial charge in [-0.05, 0) is 51.4 Å². The maximum atomic E-state index is 5.48. The Morgan fingerprint density at radius 2 is 2.06 bits per heavy atom. The number of hydrogen-bond acceptors (Lipinski definition) is 3. The van der Waals surface area contributed by atoms with Crippen molar-refractivity contribution in [3.05, 3.63) is 23.2 Å². The lowest BCUT2D eigenvalue weighted by Crippen LogP contribution is -2.50. The van der Waals surface area contributed by atoms with Gasteiger partial charge in [-0.2, -0.15) is 0 Å². The first-order chi connectivity index (χ1) is 8.68. The van der Waals surface area contributed by atoms with Gasteiger partial charge in [-0.1, -0.05) is 0 Å². The van der Waals surface area contributed by atoms with E-state index in [1.54, 1.807) is 0 Å². The summed E-state index contributed by atoms with van der Waals surface area (Å²) in [6.45, 7) is 4.55. The summed E-state index contributed by atoms with van der Waals surface area (Å²) in [4.78, 5) is 7.38. The van der Waals surface area contributed by atoms with Gasteiger partial charge in [-0.15, -0.1) is 0 Å². The molecule has 2 atom stereocenters. The lowest BCUT2D eigenvalue weighted by molar-refractivity contribution is 0.339. The van der Waals surface area contributed by atoms with E-state index in [1.165, 1.54) is 19.3 Å². The topological polar surface area (TPSA) is 36.9 Å². The Morgan fingerprint density at radius 3 is 2.78 bits per heavy atom. The Hall–Kier alpha value is -1.36. The molecule has 0 amide bonds. The highest BCUT2D eigenvalue weighted by Crippen LogP contribution is 2.24. The molecular formula is C13H18N4S. The average molecular weight is 262 g/mol. The fraction of sp³-hybridized carbons (Fsp3) is 0.538. The molecule has 1 saturated heterocycles. The summed E-state index contributed by atoms with van der Waals surface area (Å²) in [6, 6.07) is 3.07. The Morgan fingerprint density at radius 1 is 1.33 bits per heavy atom. The molecule has 1 aliphatic rings. The van der Waals surface area contributed by atoms with Crippen LogP contribution >= 0.6 is 12.2 Å². The molecule has 0 saturated carbocycles. The van der Waals surface area contributed by atoms with E-state index in [2.05, 4.69) is 33.5 Å². The van der Waals surface area contributed by atoms with Gasteiger partial charge in [0.15, 0.2) is 4.77 Å². The Bertz CT molecular complexity index is 605. The molecule has 2 aromatic rings. The number of aromatic amines is 1. The van der Waals surface area contributed by atoms with Crippen LogP contribution in [0.15, 0.2) is 18.5 Å². The fourth-order valence-electron chi connectivity index (χ4n) is 2.98. The molecular weight excluding hydrogens is 244 g/mol. The normalized spacial score (nSPS) is 24.7. The zero-order chi connectivity index (χ0) is 12.7. The third kappa shape index (κ3) is 1.73. The number of fused-ring (bicyclic) bond motifs is 1. The largest absolute Gasteiger partial charge is 0.328 e. The van der Waals surface area contributed by atoms with Gasteiger partial charge in [0.1, 0.15) is 0 Å². The lowest BCUT2D eigenvalue weighted by Gasteiger charge is -2.41. The van der Waals surface area contributed by atoms with Gasteiger partial charge in [-0.25, -0.2) is 4.68 Å². The maximum Gasteiger partial charge on any atom is 0.197 e. The molecule has 0 aromatic carbocycles. The minimum absolute atomic E-state index is 0.521. The number of rotatable bonds is 1. The Balaban J connectivity index is 2.18. The second kappa shape index (κ2) is 4.39. The monoisotopic (exact) mass is 262 g/mol. The van der Waals surface area contributed by atoms with Crippen molar-refractivity contribution in [2.75, 3.05) is 5.01 Å². The van der Waals surface area contributed by atoms with E-state index in [0.717, 1.165) is 15.8 Å². The molecule has 0 spiro atoms. The van der Waals surface area contributed by atoms with Crippen molar-refractivity contribution in [3.8, 4) is 0 Å². The number of hydrogen-bond donors (Lipinski definition) is 1. The minimum Gasteiger partial charge on any atom is -0.328 e. The van der Waals surface area contributed by atoms with Gasteiger partial charge in [-0.3, -0.25) is 4.98 Å². The van der Waals surface area contributed by atoms with Crippen molar-refractivity contribution in [1.29, 1.82) is 0 Å². The lowest BCUT2D eigenvalue weighted by atomic mass is 10.00. The van der Waals surface area contributed by atoms with Crippen LogP contribution in [0.4, 0.5) is 0 Å². The van der Waals surface area contributed by atoms with Crippen molar-refractivity contribution in [3.63, 3.8) is 0 Å². The van der Waals surface area contributed by atoms with E-state index in [9.17, 15) is 0 Å². The summed E-state index contributed by atoms with van der Waals surface area (Å²) in [5.74, 6) is 0. The molecule has 2 unspecified atom stereocenters. The zero-order valence-corrected chi connectivity index (χ0v) is 11.6. The van der Waals surface area contributed by atoms with Crippen LogP contribution in [-0.2, 0) is 0 Å². The molecule has 1 aliphatic heterocycles. The van der Waals surface area contributed by atoms with Gasteiger partial charge < -0.3 is 9.99 Å².